The molecule has 2 aliphatic heterocycles. The first kappa shape index (κ1) is 19.6. The summed E-state index contributed by atoms with van der Waals surface area (Å²) in [6.45, 7) is 7.75. The number of sulfone groups is 1. The lowest BCUT2D eigenvalue weighted by molar-refractivity contribution is -0.138. The standard InChI is InChI=1S/C18H19BrClNO4S/c1-9-13(14(22)10-5-7-11(8-6-10)18(2,3)4)21-16(23)12(20)17(21)26(24,25)15(9)19/h5-8,12,15,17H,1-4H3/t12-,15?,17-/m0/s1. The first-order valence-corrected chi connectivity index (χ1v) is 11.0. The molecule has 3 atom stereocenters. The highest BCUT2D eigenvalue weighted by Gasteiger charge is 2.61. The van der Waals surface area contributed by atoms with Gasteiger partial charge in [-0.15, -0.1) is 11.6 Å². The number of alkyl halides is 2. The van der Waals surface area contributed by atoms with Crippen LogP contribution < -0.4 is 0 Å². The Bertz CT molecular complexity index is 931. The summed E-state index contributed by atoms with van der Waals surface area (Å²) in [7, 11) is -3.73. The molecule has 26 heavy (non-hydrogen) atoms. The Morgan fingerprint density at radius 1 is 1.19 bits per heavy atom. The van der Waals surface area contributed by atoms with Gasteiger partial charge in [0.15, 0.2) is 15.2 Å². The molecule has 0 saturated carbocycles. The molecule has 0 N–H and O–H groups in total. The molecule has 2 aliphatic rings. The zero-order valence-corrected chi connectivity index (χ0v) is 17.9. The third-order valence-electron chi connectivity index (χ3n) is 4.79. The predicted octanol–water partition coefficient (Wildman–Crippen LogP) is 3.37. The van der Waals surface area contributed by atoms with E-state index >= 15 is 0 Å². The first-order valence-electron chi connectivity index (χ1n) is 8.09. The number of halogens is 2. The largest absolute Gasteiger partial charge is 0.287 e. The van der Waals surface area contributed by atoms with E-state index in [1.807, 2.05) is 12.1 Å². The van der Waals surface area contributed by atoms with Crippen molar-refractivity contribution in [2.75, 3.05) is 0 Å². The molecule has 0 aliphatic carbocycles. The van der Waals surface area contributed by atoms with E-state index < -0.39 is 30.7 Å². The molecule has 0 spiro atoms. The number of fused-ring (bicyclic) bond motifs is 1. The quantitative estimate of drug-likeness (QED) is 0.385. The topological polar surface area (TPSA) is 71.5 Å². The Kier molecular flexibility index (Phi) is 4.65. The second-order valence-electron chi connectivity index (χ2n) is 7.59. The van der Waals surface area contributed by atoms with Gasteiger partial charge >= 0.3 is 0 Å². The van der Waals surface area contributed by atoms with Gasteiger partial charge in [-0.25, -0.2) is 8.42 Å². The summed E-state index contributed by atoms with van der Waals surface area (Å²) >= 11 is 9.08. The van der Waals surface area contributed by atoms with Crippen LogP contribution in [0.2, 0.25) is 0 Å². The number of benzene rings is 1. The fraction of sp³-hybridized carbons (Fsp3) is 0.444. The van der Waals surface area contributed by atoms with Crippen molar-refractivity contribution >= 4 is 49.1 Å². The molecule has 1 aromatic carbocycles. The lowest BCUT2D eigenvalue weighted by Crippen LogP contribution is -2.68. The van der Waals surface area contributed by atoms with E-state index in [4.69, 9.17) is 11.6 Å². The molecule has 1 unspecified atom stereocenters. The van der Waals surface area contributed by atoms with Gasteiger partial charge in [0.1, 0.15) is 9.54 Å². The zero-order chi connectivity index (χ0) is 19.6. The number of hydrogen-bond donors (Lipinski definition) is 0. The van der Waals surface area contributed by atoms with Gasteiger partial charge < -0.3 is 0 Å². The minimum absolute atomic E-state index is 0.0546. The first-order chi connectivity index (χ1) is 11.9. The van der Waals surface area contributed by atoms with Gasteiger partial charge in [0.2, 0.25) is 11.7 Å². The summed E-state index contributed by atoms with van der Waals surface area (Å²) in [5.74, 6) is -0.946. The van der Waals surface area contributed by atoms with E-state index in [0.717, 1.165) is 10.5 Å². The molecule has 0 bridgehead atoms. The average molecular weight is 461 g/mol. The van der Waals surface area contributed by atoms with Crippen molar-refractivity contribution in [2.45, 2.75) is 48.0 Å². The second-order valence-corrected chi connectivity index (χ2v) is 11.7. The van der Waals surface area contributed by atoms with Crippen molar-refractivity contribution in [3.63, 3.8) is 0 Å². The minimum atomic E-state index is -3.73. The van der Waals surface area contributed by atoms with Crippen LogP contribution in [0.3, 0.4) is 0 Å². The van der Waals surface area contributed by atoms with E-state index in [2.05, 4.69) is 36.7 Å². The van der Waals surface area contributed by atoms with E-state index in [9.17, 15) is 18.0 Å². The second kappa shape index (κ2) is 6.17. The van der Waals surface area contributed by atoms with Crippen LogP contribution in [-0.4, -0.2) is 39.9 Å². The monoisotopic (exact) mass is 459 g/mol. The summed E-state index contributed by atoms with van der Waals surface area (Å²) in [6, 6.07) is 7.14. The smallest absolute Gasteiger partial charge is 0.249 e. The summed E-state index contributed by atoms with van der Waals surface area (Å²) in [6.07, 6.45) is 0. The van der Waals surface area contributed by atoms with E-state index in [-0.39, 0.29) is 16.9 Å². The molecule has 1 fully saturated rings. The minimum Gasteiger partial charge on any atom is -0.287 e. The molecule has 140 valence electrons. The van der Waals surface area contributed by atoms with Gasteiger partial charge in [-0.1, -0.05) is 61.0 Å². The van der Waals surface area contributed by atoms with Gasteiger partial charge in [0.25, 0.3) is 0 Å². The van der Waals surface area contributed by atoms with Crippen molar-refractivity contribution < 1.29 is 18.0 Å². The van der Waals surface area contributed by atoms with Crippen LogP contribution in [0.15, 0.2) is 35.5 Å². The number of rotatable bonds is 2. The van der Waals surface area contributed by atoms with Crippen LogP contribution >= 0.6 is 27.5 Å². The fourth-order valence-corrected chi connectivity index (χ4v) is 6.52. The maximum atomic E-state index is 13.1. The molecule has 0 aromatic heterocycles. The number of carbonyl (C=O) groups is 2. The number of nitrogens with zero attached hydrogens (tertiary/aromatic N) is 1. The third-order valence-corrected chi connectivity index (χ3v) is 9.70. The number of amides is 1. The molecule has 5 nitrogen and oxygen atoms in total. The van der Waals surface area contributed by atoms with Crippen LogP contribution in [0, 0.1) is 0 Å². The summed E-state index contributed by atoms with van der Waals surface area (Å²) in [5.41, 5.74) is 1.81. The molecule has 2 heterocycles. The Morgan fingerprint density at radius 3 is 2.23 bits per heavy atom. The van der Waals surface area contributed by atoms with E-state index in [1.54, 1.807) is 19.1 Å². The lowest BCUT2D eigenvalue weighted by Gasteiger charge is -2.48. The normalized spacial score (nSPS) is 27.8. The molecule has 1 amide bonds. The molecule has 0 radical (unpaired) electrons. The Hall–Kier alpha value is -1.18. The Morgan fingerprint density at radius 2 is 1.73 bits per heavy atom. The fourth-order valence-electron chi connectivity index (χ4n) is 3.19. The molecule has 3 rings (SSSR count). The third kappa shape index (κ3) is 2.75. The van der Waals surface area contributed by atoms with Gasteiger partial charge in [0, 0.05) is 5.56 Å². The molecular weight excluding hydrogens is 442 g/mol. The van der Waals surface area contributed by atoms with Crippen LogP contribution in [0.4, 0.5) is 0 Å². The van der Waals surface area contributed by atoms with Crippen LogP contribution in [-0.2, 0) is 20.0 Å². The zero-order valence-electron chi connectivity index (χ0n) is 14.8. The highest BCUT2D eigenvalue weighted by Crippen LogP contribution is 2.44. The maximum Gasteiger partial charge on any atom is 0.249 e. The van der Waals surface area contributed by atoms with Crippen molar-refractivity contribution in [3.8, 4) is 0 Å². The summed E-state index contributed by atoms with van der Waals surface area (Å²) in [5, 5.41) is -2.38. The van der Waals surface area contributed by atoms with Gasteiger partial charge in [-0.05, 0) is 23.5 Å². The average Bonchev–Trinajstić information content (AvgIpc) is 2.57. The summed E-state index contributed by atoms with van der Waals surface area (Å²) in [4.78, 5) is 26.3. The van der Waals surface area contributed by atoms with Gasteiger partial charge in [0.05, 0.1) is 5.70 Å². The van der Waals surface area contributed by atoms with Crippen LogP contribution in [0.25, 0.3) is 0 Å². The molecular formula is C18H19BrClNO4S. The summed E-state index contributed by atoms with van der Waals surface area (Å²) < 4.78 is 24.0. The molecule has 8 heteroatoms. The van der Waals surface area contributed by atoms with Gasteiger partial charge in [-0.2, -0.15) is 0 Å². The number of allylic oxidation sites excluding steroid dienone is 1. The van der Waals surface area contributed by atoms with E-state index in [0.29, 0.717) is 11.1 Å². The maximum absolute atomic E-state index is 13.1. The highest BCUT2D eigenvalue weighted by molar-refractivity contribution is 9.11. The Labute approximate surface area is 166 Å². The number of Topliss-reactive ketones (excluding diaryl/α,β-unsaturated/α-hetero) is 1. The van der Waals surface area contributed by atoms with Crippen molar-refractivity contribution in [1.82, 2.24) is 4.90 Å². The molecule has 1 saturated heterocycles. The predicted molar refractivity (Wildman–Crippen MR) is 104 cm³/mol. The molecule has 1 aromatic rings. The number of carbonyl (C=O) groups excluding carboxylic acids is 2. The van der Waals surface area contributed by atoms with Crippen LogP contribution in [0.5, 0.6) is 0 Å². The van der Waals surface area contributed by atoms with Crippen molar-refractivity contribution in [1.29, 1.82) is 0 Å². The lowest BCUT2D eigenvalue weighted by atomic mass is 9.86. The van der Waals surface area contributed by atoms with Gasteiger partial charge in [-0.3, -0.25) is 14.5 Å². The number of ketones is 1. The van der Waals surface area contributed by atoms with Crippen molar-refractivity contribution in [3.05, 3.63) is 46.7 Å². The number of hydrogen-bond acceptors (Lipinski definition) is 4. The number of β-lactam (4-membered cyclic amide) rings is 1. The van der Waals surface area contributed by atoms with E-state index in [1.165, 1.54) is 0 Å². The van der Waals surface area contributed by atoms with Crippen LogP contribution in [0.1, 0.15) is 43.6 Å². The SMILES string of the molecule is CC1=C(C(=O)c2ccc(C(C)(C)C)cc2)N2C(=O)[C@H](Cl)[C@@H]2S(=O)(=O)C1Br. The highest BCUT2D eigenvalue weighted by atomic mass is 79.9. The Balaban J connectivity index is 2.06. The van der Waals surface area contributed by atoms with Crippen molar-refractivity contribution in [2.24, 2.45) is 0 Å².